The summed E-state index contributed by atoms with van der Waals surface area (Å²) in [5, 5.41) is 33.2. The number of halogens is 2. The van der Waals surface area contributed by atoms with Crippen LogP contribution in [0.3, 0.4) is 0 Å². The Labute approximate surface area is 192 Å². The zero-order valence-corrected chi connectivity index (χ0v) is 17.7. The van der Waals surface area contributed by atoms with Crippen molar-refractivity contribution in [3.8, 4) is 11.1 Å². The maximum absolute atomic E-state index is 14.1. The lowest BCUT2D eigenvalue weighted by molar-refractivity contribution is -0.387. The summed E-state index contributed by atoms with van der Waals surface area (Å²) in [4.78, 5) is 21.8. The van der Waals surface area contributed by atoms with Crippen LogP contribution in [-0.2, 0) is 4.74 Å². The number of aliphatic hydroxyl groups excluding tert-OH is 2. The molecular formula is C24H20F2N2O6. The second-order valence-corrected chi connectivity index (χ2v) is 7.80. The van der Waals surface area contributed by atoms with Crippen LogP contribution in [-0.4, -0.2) is 40.5 Å². The first-order valence-corrected chi connectivity index (χ1v) is 10.4. The number of rotatable bonds is 7. The van der Waals surface area contributed by atoms with E-state index in [2.05, 4.69) is 5.32 Å². The summed E-state index contributed by atoms with van der Waals surface area (Å²) in [6.45, 7) is -0.503. The Bertz CT molecular complexity index is 1210. The van der Waals surface area contributed by atoms with Gasteiger partial charge in [0.05, 0.1) is 11.0 Å². The van der Waals surface area contributed by atoms with Crippen LogP contribution in [0, 0.1) is 21.7 Å². The number of carbonyl (C=O) groups is 1. The fourth-order valence-electron chi connectivity index (χ4n) is 4.07. The lowest BCUT2D eigenvalue weighted by Gasteiger charge is -2.20. The molecule has 176 valence electrons. The number of nitrogens with zero attached hydrogens (tertiary/aromatic N) is 1. The zero-order valence-electron chi connectivity index (χ0n) is 17.7. The van der Waals surface area contributed by atoms with E-state index in [0.717, 1.165) is 22.3 Å². The van der Waals surface area contributed by atoms with E-state index in [0.29, 0.717) is 12.1 Å². The second kappa shape index (κ2) is 9.54. The van der Waals surface area contributed by atoms with Crippen molar-refractivity contribution < 1.29 is 33.4 Å². The van der Waals surface area contributed by atoms with Crippen LogP contribution in [0.15, 0.2) is 60.7 Å². The fraction of sp³-hybridized carbons (Fsp3) is 0.208. The van der Waals surface area contributed by atoms with Crippen LogP contribution >= 0.6 is 0 Å². The standard InChI is InChI=1S/C24H20F2N2O6/c25-19-10-21(28(32)33)20(26)9-17(19)23(30)22(29)11-27-24(31)34-12-18-15-7-3-1-5-13(15)14-6-2-4-8-16(14)18/h1-10,18,22-23,29-30H,11-12H2,(H,27,31). The lowest BCUT2D eigenvalue weighted by Crippen LogP contribution is -2.36. The molecule has 2 atom stereocenters. The number of amides is 1. The van der Waals surface area contributed by atoms with Crippen molar-refractivity contribution in [1.82, 2.24) is 5.32 Å². The van der Waals surface area contributed by atoms with Gasteiger partial charge in [0.1, 0.15) is 24.6 Å². The Kier molecular flexibility index (Phi) is 6.53. The minimum Gasteiger partial charge on any atom is -0.449 e. The van der Waals surface area contributed by atoms with Gasteiger partial charge < -0.3 is 20.3 Å². The minimum atomic E-state index is -1.94. The third kappa shape index (κ3) is 4.45. The first kappa shape index (κ1) is 23.3. The molecular weight excluding hydrogens is 450 g/mol. The number of aliphatic hydroxyl groups is 2. The van der Waals surface area contributed by atoms with Crippen LogP contribution < -0.4 is 5.32 Å². The highest BCUT2D eigenvalue weighted by Crippen LogP contribution is 2.44. The molecule has 8 nitrogen and oxygen atoms in total. The van der Waals surface area contributed by atoms with Gasteiger partial charge >= 0.3 is 11.8 Å². The number of carbonyl (C=O) groups excluding carboxylic acids is 1. The Morgan fingerprint density at radius 1 is 1.03 bits per heavy atom. The van der Waals surface area contributed by atoms with Gasteiger partial charge in [0.15, 0.2) is 0 Å². The third-order valence-electron chi connectivity index (χ3n) is 5.75. The van der Waals surface area contributed by atoms with Gasteiger partial charge in [-0.3, -0.25) is 10.1 Å². The molecule has 0 radical (unpaired) electrons. The topological polar surface area (TPSA) is 122 Å². The summed E-state index contributed by atoms with van der Waals surface area (Å²) >= 11 is 0. The van der Waals surface area contributed by atoms with Gasteiger partial charge in [0, 0.05) is 18.0 Å². The van der Waals surface area contributed by atoms with E-state index in [-0.39, 0.29) is 12.5 Å². The summed E-state index contributed by atoms with van der Waals surface area (Å²) < 4.78 is 33.2. The summed E-state index contributed by atoms with van der Waals surface area (Å²) in [5.41, 5.74) is 2.38. The summed E-state index contributed by atoms with van der Waals surface area (Å²) in [6, 6.07) is 16.3. The number of alkyl carbamates (subject to hydrolysis) is 1. The molecule has 1 aliphatic rings. The van der Waals surface area contributed by atoms with Crippen LogP contribution in [0.1, 0.15) is 28.7 Å². The van der Waals surface area contributed by atoms with Gasteiger partial charge in [-0.1, -0.05) is 48.5 Å². The molecule has 0 aliphatic heterocycles. The van der Waals surface area contributed by atoms with Gasteiger partial charge in [0.25, 0.3) is 0 Å². The van der Waals surface area contributed by atoms with E-state index in [1.54, 1.807) is 0 Å². The van der Waals surface area contributed by atoms with Crippen molar-refractivity contribution in [2.45, 2.75) is 18.1 Å². The SMILES string of the molecule is O=C(NCC(O)C(O)c1cc(F)c([N+](=O)[O-])cc1F)OCC1c2ccccc2-c2ccccc21. The molecule has 0 fully saturated rings. The average Bonchev–Trinajstić information content (AvgIpc) is 3.15. The number of ether oxygens (including phenoxy) is 1. The average molecular weight is 470 g/mol. The second-order valence-electron chi connectivity index (χ2n) is 7.80. The zero-order chi connectivity index (χ0) is 24.4. The number of nitro groups is 1. The Morgan fingerprint density at radius 2 is 1.62 bits per heavy atom. The molecule has 0 bridgehead atoms. The summed E-state index contributed by atoms with van der Waals surface area (Å²) in [5.74, 6) is -2.80. The van der Waals surface area contributed by atoms with Gasteiger partial charge in [-0.2, -0.15) is 4.39 Å². The molecule has 10 heteroatoms. The van der Waals surface area contributed by atoms with Crippen LogP contribution in [0.5, 0.6) is 0 Å². The van der Waals surface area contributed by atoms with Gasteiger partial charge in [0.2, 0.25) is 5.82 Å². The van der Waals surface area contributed by atoms with E-state index in [1.165, 1.54) is 0 Å². The van der Waals surface area contributed by atoms with Crippen molar-refractivity contribution in [3.63, 3.8) is 0 Å². The highest BCUT2D eigenvalue weighted by atomic mass is 19.1. The Hall–Kier alpha value is -3.89. The predicted molar refractivity (Wildman–Crippen MR) is 117 cm³/mol. The molecule has 0 spiro atoms. The monoisotopic (exact) mass is 470 g/mol. The molecule has 3 aromatic carbocycles. The van der Waals surface area contributed by atoms with E-state index in [4.69, 9.17) is 4.74 Å². The quantitative estimate of drug-likeness (QED) is 0.357. The Morgan fingerprint density at radius 3 is 2.21 bits per heavy atom. The van der Waals surface area contributed by atoms with E-state index < -0.39 is 52.7 Å². The number of hydrogen-bond acceptors (Lipinski definition) is 6. The van der Waals surface area contributed by atoms with Crippen molar-refractivity contribution in [3.05, 3.63) is 99.1 Å². The van der Waals surface area contributed by atoms with Gasteiger partial charge in [-0.15, -0.1) is 0 Å². The number of benzene rings is 3. The van der Waals surface area contributed by atoms with E-state index >= 15 is 0 Å². The first-order valence-electron chi connectivity index (χ1n) is 10.4. The summed E-state index contributed by atoms with van der Waals surface area (Å²) in [7, 11) is 0. The molecule has 2 unspecified atom stereocenters. The van der Waals surface area contributed by atoms with E-state index in [1.807, 2.05) is 48.5 Å². The van der Waals surface area contributed by atoms with Gasteiger partial charge in [-0.05, 0) is 28.3 Å². The molecule has 1 amide bonds. The van der Waals surface area contributed by atoms with Crippen molar-refractivity contribution in [2.24, 2.45) is 0 Å². The van der Waals surface area contributed by atoms with Crippen LogP contribution in [0.2, 0.25) is 0 Å². The maximum atomic E-state index is 14.1. The number of nitro benzene ring substituents is 1. The molecule has 0 saturated carbocycles. The molecule has 4 rings (SSSR count). The third-order valence-corrected chi connectivity index (χ3v) is 5.75. The summed E-state index contributed by atoms with van der Waals surface area (Å²) in [6.07, 6.45) is -4.54. The molecule has 0 saturated heterocycles. The van der Waals surface area contributed by atoms with Crippen LogP contribution in [0.25, 0.3) is 11.1 Å². The molecule has 3 aromatic rings. The normalized spacial score (nSPS) is 14.1. The van der Waals surface area contributed by atoms with Gasteiger partial charge in [-0.25, -0.2) is 9.18 Å². The predicted octanol–water partition coefficient (Wildman–Crippen LogP) is 3.81. The molecule has 1 aliphatic carbocycles. The number of hydrogen-bond donors (Lipinski definition) is 3. The first-order chi connectivity index (χ1) is 16.3. The van der Waals surface area contributed by atoms with Crippen molar-refractivity contribution >= 4 is 11.8 Å². The smallest absolute Gasteiger partial charge is 0.407 e. The largest absolute Gasteiger partial charge is 0.449 e. The minimum absolute atomic E-state index is 0.0285. The fourth-order valence-corrected chi connectivity index (χ4v) is 4.07. The number of fused-ring (bicyclic) bond motifs is 3. The molecule has 34 heavy (non-hydrogen) atoms. The van der Waals surface area contributed by atoms with Crippen molar-refractivity contribution in [1.29, 1.82) is 0 Å². The molecule has 0 heterocycles. The molecule has 3 N–H and O–H groups in total. The van der Waals surface area contributed by atoms with Crippen molar-refractivity contribution in [2.75, 3.05) is 13.2 Å². The van der Waals surface area contributed by atoms with Crippen LogP contribution in [0.4, 0.5) is 19.3 Å². The van der Waals surface area contributed by atoms with E-state index in [9.17, 15) is 33.9 Å². The maximum Gasteiger partial charge on any atom is 0.407 e. The number of nitrogens with one attached hydrogen (secondary N) is 1. The highest BCUT2D eigenvalue weighted by molar-refractivity contribution is 5.79. The Balaban J connectivity index is 1.36. The molecule has 0 aromatic heterocycles. The highest BCUT2D eigenvalue weighted by Gasteiger charge is 2.30. The lowest BCUT2D eigenvalue weighted by atomic mass is 9.98.